The highest BCUT2D eigenvalue weighted by molar-refractivity contribution is 8.15. The number of hydrogen-bond donors (Lipinski definition) is 1. The SMILES string of the molecule is O=C1CSC(=NN=Cc2ccccc2Oc2ccc([N+](=O)[O-])cc2[N+](=O)[O-])N1. The van der Waals surface area contributed by atoms with Gasteiger partial charge >= 0.3 is 5.69 Å². The smallest absolute Gasteiger partial charge is 0.318 e. The Hall–Kier alpha value is -3.80. The van der Waals surface area contributed by atoms with E-state index in [1.165, 1.54) is 18.0 Å². The number of non-ortho nitro benzene ring substituents is 1. The van der Waals surface area contributed by atoms with Crippen molar-refractivity contribution in [2.24, 2.45) is 10.2 Å². The molecule has 1 fully saturated rings. The summed E-state index contributed by atoms with van der Waals surface area (Å²) >= 11 is 1.22. The average Bonchev–Trinajstić information content (AvgIpc) is 3.08. The summed E-state index contributed by atoms with van der Waals surface area (Å²) in [4.78, 5) is 31.7. The molecule has 1 heterocycles. The van der Waals surface area contributed by atoms with Crippen molar-refractivity contribution in [3.05, 3.63) is 68.3 Å². The van der Waals surface area contributed by atoms with Gasteiger partial charge in [-0.25, -0.2) is 0 Å². The van der Waals surface area contributed by atoms with Crippen LogP contribution in [0.5, 0.6) is 11.5 Å². The summed E-state index contributed by atoms with van der Waals surface area (Å²) < 4.78 is 5.60. The van der Waals surface area contributed by atoms with Gasteiger partial charge in [-0.2, -0.15) is 5.10 Å². The number of para-hydroxylation sites is 1. The van der Waals surface area contributed by atoms with Gasteiger partial charge in [-0.15, -0.1) is 5.10 Å². The van der Waals surface area contributed by atoms with Gasteiger partial charge < -0.3 is 10.1 Å². The quantitative estimate of drug-likeness (QED) is 0.444. The van der Waals surface area contributed by atoms with E-state index in [0.29, 0.717) is 10.7 Å². The maximum Gasteiger partial charge on any atom is 0.318 e. The minimum Gasteiger partial charge on any atom is -0.449 e. The second kappa shape index (κ2) is 8.26. The van der Waals surface area contributed by atoms with Crippen molar-refractivity contribution in [2.45, 2.75) is 0 Å². The maximum absolute atomic E-state index is 11.2. The van der Waals surface area contributed by atoms with Crippen LogP contribution < -0.4 is 10.1 Å². The summed E-state index contributed by atoms with van der Waals surface area (Å²) in [5.74, 6) is 0.207. The molecule has 11 nitrogen and oxygen atoms in total. The fourth-order valence-electron chi connectivity index (χ4n) is 2.17. The van der Waals surface area contributed by atoms with E-state index >= 15 is 0 Å². The summed E-state index contributed by atoms with van der Waals surface area (Å²) in [5.41, 5.74) is -0.485. The molecule has 3 rings (SSSR count). The lowest BCUT2D eigenvalue weighted by molar-refractivity contribution is -0.394. The average molecular weight is 401 g/mol. The highest BCUT2D eigenvalue weighted by Crippen LogP contribution is 2.35. The Bertz CT molecular complexity index is 1020. The Kier molecular flexibility index (Phi) is 5.60. The van der Waals surface area contributed by atoms with E-state index < -0.39 is 21.2 Å². The van der Waals surface area contributed by atoms with Gasteiger partial charge in [-0.1, -0.05) is 23.9 Å². The number of hydrogen-bond acceptors (Lipinski definition) is 9. The van der Waals surface area contributed by atoms with Crippen molar-refractivity contribution in [1.82, 2.24) is 5.32 Å². The first kappa shape index (κ1) is 19.0. The molecule has 0 atom stereocenters. The van der Waals surface area contributed by atoms with E-state index in [0.717, 1.165) is 18.2 Å². The van der Waals surface area contributed by atoms with E-state index in [4.69, 9.17) is 4.74 Å². The van der Waals surface area contributed by atoms with Gasteiger partial charge in [0.15, 0.2) is 5.17 Å². The van der Waals surface area contributed by atoms with Gasteiger partial charge in [-0.3, -0.25) is 25.0 Å². The van der Waals surface area contributed by atoms with E-state index in [2.05, 4.69) is 15.5 Å². The number of carbonyl (C=O) groups is 1. The van der Waals surface area contributed by atoms with Crippen molar-refractivity contribution < 1.29 is 19.4 Å². The Morgan fingerprint density at radius 2 is 1.89 bits per heavy atom. The van der Waals surface area contributed by atoms with Crippen LogP contribution >= 0.6 is 11.8 Å². The maximum atomic E-state index is 11.2. The molecule has 1 aliphatic heterocycles. The minimum atomic E-state index is -0.759. The molecule has 2 aromatic carbocycles. The number of carbonyl (C=O) groups excluding carboxylic acids is 1. The van der Waals surface area contributed by atoms with Crippen molar-refractivity contribution in [3.8, 4) is 11.5 Å². The Labute approximate surface area is 161 Å². The molecular formula is C16H11N5O6S. The number of amidine groups is 1. The lowest BCUT2D eigenvalue weighted by Gasteiger charge is -2.08. The Morgan fingerprint density at radius 1 is 1.11 bits per heavy atom. The molecule has 0 aromatic heterocycles. The van der Waals surface area contributed by atoms with Crippen LogP contribution in [0.25, 0.3) is 0 Å². The van der Waals surface area contributed by atoms with Crippen molar-refractivity contribution in [1.29, 1.82) is 0 Å². The van der Waals surface area contributed by atoms with Crippen LogP contribution in [0.15, 0.2) is 52.7 Å². The Morgan fingerprint density at radius 3 is 2.57 bits per heavy atom. The molecule has 0 saturated carbocycles. The van der Waals surface area contributed by atoms with Crippen LogP contribution in [0.3, 0.4) is 0 Å². The number of nitro groups is 2. The zero-order chi connectivity index (χ0) is 20.1. The third-order valence-corrected chi connectivity index (χ3v) is 4.28. The largest absolute Gasteiger partial charge is 0.449 e. The van der Waals surface area contributed by atoms with Crippen LogP contribution in [0.1, 0.15) is 5.56 Å². The molecule has 1 saturated heterocycles. The van der Waals surface area contributed by atoms with Crippen LogP contribution in [0.4, 0.5) is 11.4 Å². The van der Waals surface area contributed by atoms with E-state index in [1.54, 1.807) is 24.3 Å². The number of nitrogens with one attached hydrogen (secondary N) is 1. The van der Waals surface area contributed by atoms with Gasteiger partial charge in [-0.05, 0) is 18.2 Å². The lowest BCUT2D eigenvalue weighted by Crippen LogP contribution is -2.19. The highest BCUT2D eigenvalue weighted by atomic mass is 32.2. The molecule has 0 bridgehead atoms. The number of benzene rings is 2. The van der Waals surface area contributed by atoms with Gasteiger partial charge in [0.25, 0.3) is 5.69 Å². The fraction of sp³-hybridized carbons (Fsp3) is 0.0625. The molecule has 0 radical (unpaired) electrons. The third kappa shape index (κ3) is 4.48. The molecule has 0 unspecified atom stereocenters. The van der Waals surface area contributed by atoms with Crippen LogP contribution in [0, 0.1) is 20.2 Å². The van der Waals surface area contributed by atoms with Crippen molar-refractivity contribution in [2.75, 3.05) is 5.75 Å². The first-order chi connectivity index (χ1) is 13.4. The first-order valence-electron chi connectivity index (χ1n) is 7.67. The van der Waals surface area contributed by atoms with E-state index in [9.17, 15) is 25.0 Å². The van der Waals surface area contributed by atoms with E-state index in [-0.39, 0.29) is 23.2 Å². The summed E-state index contributed by atoms with van der Waals surface area (Å²) in [6, 6.07) is 9.68. The predicted molar refractivity (Wildman–Crippen MR) is 102 cm³/mol. The normalized spacial score (nSPS) is 15.0. The second-order valence-electron chi connectivity index (χ2n) is 5.29. The molecule has 1 aliphatic rings. The van der Waals surface area contributed by atoms with Crippen LogP contribution in [-0.4, -0.2) is 32.9 Å². The minimum absolute atomic E-state index is 0.152. The molecule has 0 spiro atoms. The second-order valence-corrected chi connectivity index (χ2v) is 6.26. The highest BCUT2D eigenvalue weighted by Gasteiger charge is 2.21. The molecular weight excluding hydrogens is 390 g/mol. The van der Waals surface area contributed by atoms with Gasteiger partial charge in [0.1, 0.15) is 5.75 Å². The molecule has 28 heavy (non-hydrogen) atoms. The monoisotopic (exact) mass is 401 g/mol. The van der Waals surface area contributed by atoms with Gasteiger partial charge in [0.2, 0.25) is 11.7 Å². The Balaban J connectivity index is 1.87. The summed E-state index contributed by atoms with van der Waals surface area (Å²) in [6.45, 7) is 0. The summed E-state index contributed by atoms with van der Waals surface area (Å²) in [6.07, 6.45) is 1.37. The number of thioether (sulfide) groups is 1. The van der Waals surface area contributed by atoms with Crippen molar-refractivity contribution >= 4 is 40.4 Å². The molecule has 1 amide bonds. The van der Waals surface area contributed by atoms with Gasteiger partial charge in [0, 0.05) is 11.6 Å². The van der Waals surface area contributed by atoms with Gasteiger partial charge in [0.05, 0.1) is 27.9 Å². The lowest BCUT2D eigenvalue weighted by atomic mass is 10.2. The molecule has 0 aliphatic carbocycles. The molecule has 12 heteroatoms. The number of ether oxygens (including phenoxy) is 1. The molecule has 2 aromatic rings. The van der Waals surface area contributed by atoms with Crippen LogP contribution in [-0.2, 0) is 4.79 Å². The molecule has 142 valence electrons. The standard InChI is InChI=1S/C16H11N5O6S/c22-15-9-28-16(18-15)19-17-8-10-3-1-2-4-13(10)27-14-6-5-11(20(23)24)7-12(14)21(25)26/h1-8H,9H2,(H,18,19,22). The third-order valence-electron chi connectivity index (χ3n) is 3.42. The predicted octanol–water partition coefficient (Wildman–Crippen LogP) is 2.85. The fourth-order valence-corrected chi connectivity index (χ4v) is 2.80. The molecule has 1 N–H and O–H groups in total. The van der Waals surface area contributed by atoms with Crippen LogP contribution in [0.2, 0.25) is 0 Å². The topological polar surface area (TPSA) is 149 Å². The zero-order valence-electron chi connectivity index (χ0n) is 14.0. The number of amides is 1. The number of rotatable bonds is 6. The summed E-state index contributed by atoms with van der Waals surface area (Å²) in [7, 11) is 0. The van der Waals surface area contributed by atoms with Crippen molar-refractivity contribution in [3.63, 3.8) is 0 Å². The number of nitrogens with zero attached hydrogens (tertiary/aromatic N) is 4. The van der Waals surface area contributed by atoms with E-state index in [1.807, 2.05) is 0 Å². The zero-order valence-corrected chi connectivity index (χ0v) is 14.8. The first-order valence-corrected chi connectivity index (χ1v) is 8.66. The number of nitro benzene ring substituents is 2. The summed E-state index contributed by atoms with van der Waals surface area (Å²) in [5, 5.41) is 32.7.